The number of hydrogen-bond donors (Lipinski definition) is 0. The van der Waals surface area contributed by atoms with Gasteiger partial charge in [-0.25, -0.2) is 9.79 Å². The largest absolute Gasteiger partial charge is 0.463 e. The van der Waals surface area contributed by atoms with Crippen molar-refractivity contribution in [1.29, 1.82) is 0 Å². The molecule has 1 aliphatic heterocycles. The molecule has 3 heterocycles. The smallest absolute Gasteiger partial charge is 0.338 e. The number of thiophene rings is 1. The lowest BCUT2D eigenvalue weighted by molar-refractivity contribution is -0.138. The zero-order valence-electron chi connectivity index (χ0n) is 18.4. The standard InChI is InChI=1S/C26H18BrClN2O3S2/c1-2-33-25(32)21-22(15-6-4-3-5-7-15)29-26-30(23(21)16-8-10-17(28)11-9-16)24(31)19(35-26)14-18-12-13-20(27)34-18/h3-14,23H,2H2,1H3/b19-14+/t23-/m0/s1. The van der Waals surface area contributed by atoms with Crippen molar-refractivity contribution in [3.8, 4) is 0 Å². The Kier molecular flexibility index (Phi) is 6.88. The van der Waals surface area contributed by atoms with E-state index in [-0.39, 0.29) is 12.2 Å². The predicted octanol–water partition coefficient (Wildman–Crippen LogP) is 5.41. The van der Waals surface area contributed by atoms with Crippen molar-refractivity contribution in [2.24, 2.45) is 4.99 Å². The first kappa shape index (κ1) is 23.9. The van der Waals surface area contributed by atoms with Gasteiger partial charge in [-0.2, -0.15) is 0 Å². The number of thiazole rings is 1. The Labute approximate surface area is 222 Å². The number of halogens is 2. The zero-order chi connectivity index (χ0) is 24.5. The van der Waals surface area contributed by atoms with E-state index in [1.165, 1.54) is 22.7 Å². The first-order chi connectivity index (χ1) is 17.0. The summed E-state index contributed by atoms with van der Waals surface area (Å²) in [6.45, 7) is 1.96. The van der Waals surface area contributed by atoms with Crippen molar-refractivity contribution in [1.82, 2.24) is 4.57 Å². The summed E-state index contributed by atoms with van der Waals surface area (Å²) in [6, 6.07) is 19.8. The SMILES string of the molecule is CCOC(=O)C1=C(c2ccccc2)N=c2s/c(=C/c3ccc(Br)s3)c(=O)n2[C@H]1c1ccc(Cl)cc1. The molecular formula is C26H18BrClN2O3S2. The number of ether oxygens (including phenoxy) is 1. The summed E-state index contributed by atoms with van der Waals surface area (Å²) in [4.78, 5) is 33.4. The van der Waals surface area contributed by atoms with Crippen LogP contribution in [0.5, 0.6) is 0 Å². The monoisotopic (exact) mass is 584 g/mol. The number of rotatable bonds is 5. The molecule has 0 N–H and O–H groups in total. The molecule has 176 valence electrons. The second-order valence-electron chi connectivity index (χ2n) is 7.62. The molecule has 2 aromatic carbocycles. The molecule has 5 rings (SSSR count). The van der Waals surface area contributed by atoms with Crippen LogP contribution in [0.1, 0.15) is 29.0 Å². The van der Waals surface area contributed by atoms with E-state index in [4.69, 9.17) is 21.3 Å². The van der Waals surface area contributed by atoms with E-state index in [1.54, 1.807) is 23.6 Å². The van der Waals surface area contributed by atoms with E-state index in [0.717, 1.165) is 19.8 Å². The van der Waals surface area contributed by atoms with E-state index in [2.05, 4.69) is 15.9 Å². The van der Waals surface area contributed by atoms with Crippen molar-refractivity contribution >= 4 is 67.9 Å². The number of fused-ring (bicyclic) bond motifs is 1. The fourth-order valence-electron chi connectivity index (χ4n) is 3.94. The van der Waals surface area contributed by atoms with E-state index >= 15 is 0 Å². The van der Waals surface area contributed by atoms with Crippen LogP contribution in [-0.2, 0) is 9.53 Å². The Bertz CT molecular complexity index is 1620. The molecule has 9 heteroatoms. The van der Waals surface area contributed by atoms with E-state index in [1.807, 2.05) is 60.7 Å². The Morgan fingerprint density at radius 3 is 2.51 bits per heavy atom. The number of carbonyl (C=O) groups excluding carboxylic acids is 1. The van der Waals surface area contributed by atoms with Gasteiger partial charge in [0.2, 0.25) is 0 Å². The van der Waals surface area contributed by atoms with Crippen molar-refractivity contribution in [3.63, 3.8) is 0 Å². The van der Waals surface area contributed by atoms with Crippen LogP contribution in [0.25, 0.3) is 11.8 Å². The number of benzene rings is 2. The van der Waals surface area contributed by atoms with Gasteiger partial charge in [0.05, 0.1) is 32.2 Å². The first-order valence-electron chi connectivity index (χ1n) is 10.8. The van der Waals surface area contributed by atoms with Gasteiger partial charge in [0.25, 0.3) is 5.56 Å². The first-order valence-corrected chi connectivity index (χ1v) is 13.6. The molecule has 2 aromatic heterocycles. The summed E-state index contributed by atoms with van der Waals surface area (Å²) in [6.07, 6.45) is 1.86. The molecule has 0 saturated heterocycles. The van der Waals surface area contributed by atoms with Gasteiger partial charge < -0.3 is 4.74 Å². The summed E-state index contributed by atoms with van der Waals surface area (Å²) in [5.41, 5.74) is 2.11. The van der Waals surface area contributed by atoms with Crippen molar-refractivity contribution in [2.75, 3.05) is 6.61 Å². The Morgan fingerprint density at radius 1 is 1.11 bits per heavy atom. The lowest BCUT2D eigenvalue weighted by Gasteiger charge is -2.25. The van der Waals surface area contributed by atoms with Crippen molar-refractivity contribution in [3.05, 3.63) is 117 Å². The molecule has 1 aliphatic rings. The molecule has 0 unspecified atom stereocenters. The quantitative estimate of drug-likeness (QED) is 0.294. The summed E-state index contributed by atoms with van der Waals surface area (Å²) in [7, 11) is 0. The highest BCUT2D eigenvalue weighted by Gasteiger charge is 2.35. The zero-order valence-corrected chi connectivity index (χ0v) is 22.4. The minimum atomic E-state index is -0.713. The van der Waals surface area contributed by atoms with Crippen LogP contribution in [0.4, 0.5) is 0 Å². The minimum Gasteiger partial charge on any atom is -0.463 e. The Balaban J connectivity index is 1.83. The topological polar surface area (TPSA) is 60.7 Å². The van der Waals surface area contributed by atoms with Gasteiger partial charge in [-0.15, -0.1) is 11.3 Å². The Morgan fingerprint density at radius 2 is 1.86 bits per heavy atom. The molecule has 35 heavy (non-hydrogen) atoms. The molecule has 0 aliphatic carbocycles. The second kappa shape index (κ2) is 10.1. The van der Waals surface area contributed by atoms with Crippen molar-refractivity contribution in [2.45, 2.75) is 13.0 Å². The highest BCUT2D eigenvalue weighted by molar-refractivity contribution is 9.11. The number of hydrogen-bond acceptors (Lipinski definition) is 6. The number of nitrogens with zero attached hydrogens (tertiary/aromatic N) is 2. The normalized spacial score (nSPS) is 15.6. The van der Waals surface area contributed by atoms with E-state index in [0.29, 0.717) is 25.6 Å². The molecular weight excluding hydrogens is 568 g/mol. The molecule has 4 aromatic rings. The van der Waals surface area contributed by atoms with Crippen LogP contribution in [-0.4, -0.2) is 17.1 Å². The van der Waals surface area contributed by atoms with Crippen LogP contribution >= 0.6 is 50.2 Å². The lowest BCUT2D eigenvalue weighted by Crippen LogP contribution is -2.39. The van der Waals surface area contributed by atoms with Crippen LogP contribution in [0.2, 0.25) is 5.02 Å². The van der Waals surface area contributed by atoms with Crippen LogP contribution in [0.15, 0.2) is 85.9 Å². The molecule has 0 radical (unpaired) electrons. The van der Waals surface area contributed by atoms with Crippen LogP contribution in [0, 0.1) is 0 Å². The highest BCUT2D eigenvalue weighted by Crippen LogP contribution is 2.35. The maximum absolute atomic E-state index is 13.7. The van der Waals surface area contributed by atoms with Gasteiger partial charge >= 0.3 is 5.97 Å². The summed E-state index contributed by atoms with van der Waals surface area (Å²) >= 11 is 12.5. The molecule has 0 spiro atoms. The van der Waals surface area contributed by atoms with Crippen molar-refractivity contribution < 1.29 is 9.53 Å². The lowest BCUT2D eigenvalue weighted by atomic mass is 9.93. The Hall–Kier alpha value is -2.78. The fraction of sp³-hybridized carbons (Fsp3) is 0.115. The minimum absolute atomic E-state index is 0.204. The van der Waals surface area contributed by atoms with Crippen LogP contribution in [0.3, 0.4) is 0 Å². The van der Waals surface area contributed by atoms with Gasteiger partial charge in [0, 0.05) is 15.5 Å². The third kappa shape index (κ3) is 4.71. The highest BCUT2D eigenvalue weighted by atomic mass is 79.9. The number of carbonyl (C=O) groups is 1. The average Bonchev–Trinajstić information content (AvgIpc) is 3.41. The summed E-state index contributed by atoms with van der Waals surface area (Å²) in [5.74, 6) is -0.508. The van der Waals surface area contributed by atoms with Crippen LogP contribution < -0.4 is 14.9 Å². The van der Waals surface area contributed by atoms with Gasteiger partial charge in [-0.05, 0) is 58.8 Å². The molecule has 0 saturated carbocycles. The molecule has 0 amide bonds. The molecule has 5 nitrogen and oxygen atoms in total. The van der Waals surface area contributed by atoms with Gasteiger partial charge in [-0.3, -0.25) is 9.36 Å². The maximum Gasteiger partial charge on any atom is 0.338 e. The number of esters is 1. The summed E-state index contributed by atoms with van der Waals surface area (Å²) < 4.78 is 8.56. The third-order valence-electron chi connectivity index (χ3n) is 5.43. The molecule has 0 fully saturated rings. The van der Waals surface area contributed by atoms with E-state index in [9.17, 15) is 9.59 Å². The number of aromatic nitrogens is 1. The van der Waals surface area contributed by atoms with E-state index < -0.39 is 12.0 Å². The summed E-state index contributed by atoms with van der Waals surface area (Å²) in [5, 5.41) is 0.564. The van der Waals surface area contributed by atoms with Gasteiger partial charge in [-0.1, -0.05) is 65.4 Å². The maximum atomic E-state index is 13.7. The predicted molar refractivity (Wildman–Crippen MR) is 145 cm³/mol. The molecule has 1 atom stereocenters. The average molecular weight is 586 g/mol. The third-order valence-corrected chi connectivity index (χ3v) is 8.23. The molecule has 0 bridgehead atoms. The second-order valence-corrected chi connectivity index (χ2v) is 11.6. The fourth-order valence-corrected chi connectivity index (χ4v) is 6.50. The van der Waals surface area contributed by atoms with Gasteiger partial charge in [0.15, 0.2) is 4.80 Å². The van der Waals surface area contributed by atoms with Gasteiger partial charge in [0.1, 0.15) is 0 Å².